The van der Waals surface area contributed by atoms with E-state index in [-0.39, 0.29) is 17.7 Å². The lowest BCUT2D eigenvalue weighted by Gasteiger charge is -2.17. The molecule has 1 heterocycles. The van der Waals surface area contributed by atoms with Crippen LogP contribution in [0.3, 0.4) is 0 Å². The van der Waals surface area contributed by atoms with Crippen molar-refractivity contribution in [1.82, 2.24) is 4.57 Å². The van der Waals surface area contributed by atoms with Gasteiger partial charge in [0.05, 0.1) is 5.52 Å². The Morgan fingerprint density at radius 1 is 1.27 bits per heavy atom. The number of nitrogens with zero attached hydrogens (tertiary/aromatic N) is 3. The maximum atomic E-state index is 12.1. The number of fused-ring (bicyclic) bond motifs is 1. The van der Waals surface area contributed by atoms with Gasteiger partial charge < -0.3 is 9.67 Å². The average molecular weight is 299 g/mol. The van der Waals surface area contributed by atoms with Gasteiger partial charge in [-0.25, -0.2) is 0 Å². The third-order valence-corrected chi connectivity index (χ3v) is 4.50. The van der Waals surface area contributed by atoms with Crippen LogP contribution in [-0.4, -0.2) is 15.6 Å². The summed E-state index contributed by atoms with van der Waals surface area (Å²) in [6, 6.07) is 5.87. The summed E-state index contributed by atoms with van der Waals surface area (Å²) in [5, 5.41) is 19.0. The second kappa shape index (κ2) is 5.91. The van der Waals surface area contributed by atoms with Crippen molar-refractivity contribution < 1.29 is 9.90 Å². The molecule has 1 aromatic carbocycles. The summed E-state index contributed by atoms with van der Waals surface area (Å²) in [5.41, 5.74) is 2.33. The summed E-state index contributed by atoms with van der Waals surface area (Å²) in [5.74, 6) is -0.124. The molecule has 5 nitrogen and oxygen atoms in total. The van der Waals surface area contributed by atoms with E-state index in [1.54, 1.807) is 11.6 Å². The van der Waals surface area contributed by atoms with E-state index in [1.165, 1.54) is 6.42 Å². The zero-order chi connectivity index (χ0) is 15.7. The molecule has 0 spiro atoms. The number of rotatable bonds is 2. The Kier molecular flexibility index (Phi) is 3.96. The van der Waals surface area contributed by atoms with Crippen LogP contribution in [0.25, 0.3) is 10.9 Å². The van der Waals surface area contributed by atoms with Gasteiger partial charge in [-0.1, -0.05) is 30.9 Å². The Morgan fingerprint density at radius 3 is 2.73 bits per heavy atom. The van der Waals surface area contributed by atoms with E-state index in [0.717, 1.165) is 42.1 Å². The summed E-state index contributed by atoms with van der Waals surface area (Å²) in [7, 11) is 1.77. The lowest BCUT2D eigenvalue weighted by atomic mass is 9.89. The number of carbonyl (C=O) groups is 1. The summed E-state index contributed by atoms with van der Waals surface area (Å²) in [4.78, 5) is 12.1. The third-order valence-electron chi connectivity index (χ3n) is 4.50. The fourth-order valence-electron chi connectivity index (χ4n) is 3.15. The van der Waals surface area contributed by atoms with Gasteiger partial charge in [0, 0.05) is 18.4 Å². The van der Waals surface area contributed by atoms with E-state index in [4.69, 9.17) is 0 Å². The zero-order valence-corrected chi connectivity index (χ0v) is 13.0. The van der Waals surface area contributed by atoms with E-state index in [9.17, 15) is 9.90 Å². The van der Waals surface area contributed by atoms with Crippen molar-refractivity contribution in [3.63, 3.8) is 0 Å². The van der Waals surface area contributed by atoms with Crippen molar-refractivity contribution in [2.24, 2.45) is 23.2 Å². The number of aromatic nitrogens is 1. The normalized spacial score (nSPS) is 16.6. The molecule has 22 heavy (non-hydrogen) atoms. The number of benzene rings is 1. The molecule has 1 fully saturated rings. The molecule has 1 saturated carbocycles. The number of aryl methyl sites for hydroxylation is 2. The molecule has 1 aromatic heterocycles. The Balaban J connectivity index is 1.92. The Hall–Kier alpha value is -2.17. The minimum absolute atomic E-state index is 0.00337. The maximum absolute atomic E-state index is 12.1. The molecule has 0 aliphatic heterocycles. The van der Waals surface area contributed by atoms with Crippen LogP contribution >= 0.6 is 0 Å². The van der Waals surface area contributed by atoms with Crippen LogP contribution in [0.2, 0.25) is 0 Å². The predicted octanol–water partition coefficient (Wildman–Crippen LogP) is 4.38. The molecule has 0 radical (unpaired) electrons. The second-order valence-corrected chi connectivity index (χ2v) is 6.13. The van der Waals surface area contributed by atoms with Crippen LogP contribution in [0.15, 0.2) is 28.4 Å². The van der Waals surface area contributed by atoms with E-state index in [0.29, 0.717) is 5.69 Å². The highest BCUT2D eigenvalue weighted by Crippen LogP contribution is 2.38. The van der Waals surface area contributed by atoms with Gasteiger partial charge in [0.1, 0.15) is 0 Å². The smallest absolute Gasteiger partial charge is 0.267 e. The van der Waals surface area contributed by atoms with E-state index < -0.39 is 0 Å². The van der Waals surface area contributed by atoms with Crippen LogP contribution in [0.1, 0.15) is 37.7 Å². The van der Waals surface area contributed by atoms with Crippen molar-refractivity contribution in [2.45, 2.75) is 39.0 Å². The van der Waals surface area contributed by atoms with Crippen LogP contribution in [0.5, 0.6) is 5.88 Å². The van der Waals surface area contributed by atoms with Crippen LogP contribution in [0, 0.1) is 12.8 Å². The molecule has 1 amide bonds. The van der Waals surface area contributed by atoms with E-state index >= 15 is 0 Å². The maximum Gasteiger partial charge on any atom is 0.267 e. The Bertz CT molecular complexity index is 740. The molecule has 116 valence electrons. The molecule has 0 unspecified atom stereocenters. The van der Waals surface area contributed by atoms with Gasteiger partial charge in [-0.3, -0.25) is 4.79 Å². The summed E-state index contributed by atoms with van der Waals surface area (Å²) in [6.07, 6.45) is 5.18. The molecule has 1 aliphatic rings. The average Bonchev–Trinajstić information content (AvgIpc) is 2.77. The minimum atomic E-state index is -0.163. The minimum Gasteiger partial charge on any atom is -0.493 e. The standard InChI is InChI=1S/C17H21N3O2/c1-11-8-9-14-13(10-11)15(17(22)20(14)2)18-19-16(21)12-6-4-3-5-7-12/h8-10,12,22H,3-7H2,1-2H3. The molecular weight excluding hydrogens is 278 g/mol. The van der Waals surface area contributed by atoms with Crippen molar-refractivity contribution >= 4 is 22.5 Å². The molecule has 3 rings (SSSR count). The summed E-state index contributed by atoms with van der Waals surface area (Å²) < 4.78 is 1.66. The van der Waals surface area contributed by atoms with Gasteiger partial charge in [-0.15, -0.1) is 10.2 Å². The molecule has 5 heteroatoms. The van der Waals surface area contributed by atoms with Crippen LogP contribution in [0.4, 0.5) is 5.69 Å². The topological polar surface area (TPSA) is 66.9 Å². The number of aromatic hydroxyl groups is 1. The van der Waals surface area contributed by atoms with Gasteiger partial charge in [-0.05, 0) is 31.9 Å². The quantitative estimate of drug-likeness (QED) is 0.836. The third kappa shape index (κ3) is 2.63. The first-order chi connectivity index (χ1) is 10.6. The molecule has 0 saturated heterocycles. The molecule has 2 aromatic rings. The lowest BCUT2D eigenvalue weighted by molar-refractivity contribution is -0.122. The van der Waals surface area contributed by atoms with Gasteiger partial charge in [0.25, 0.3) is 5.91 Å². The fraction of sp³-hybridized carbons (Fsp3) is 0.471. The SMILES string of the molecule is Cc1ccc2c(c1)c(N=NC(=O)C1CCCCC1)c(O)n2C. The predicted molar refractivity (Wildman–Crippen MR) is 85.4 cm³/mol. The summed E-state index contributed by atoms with van der Waals surface area (Å²) >= 11 is 0. The van der Waals surface area contributed by atoms with Gasteiger partial charge in [0.2, 0.25) is 5.88 Å². The first-order valence-corrected chi connectivity index (χ1v) is 7.81. The Morgan fingerprint density at radius 2 is 2.00 bits per heavy atom. The molecular formula is C17H21N3O2. The number of hydrogen-bond donors (Lipinski definition) is 1. The van der Waals surface area contributed by atoms with E-state index in [2.05, 4.69) is 10.2 Å². The molecule has 0 bridgehead atoms. The summed E-state index contributed by atoms with van der Waals surface area (Å²) in [6.45, 7) is 1.98. The van der Waals surface area contributed by atoms with Gasteiger partial charge >= 0.3 is 0 Å². The monoisotopic (exact) mass is 299 g/mol. The van der Waals surface area contributed by atoms with Crippen molar-refractivity contribution in [1.29, 1.82) is 0 Å². The van der Waals surface area contributed by atoms with E-state index in [1.807, 2.05) is 25.1 Å². The van der Waals surface area contributed by atoms with Gasteiger partial charge in [0.15, 0.2) is 5.69 Å². The number of amides is 1. The highest BCUT2D eigenvalue weighted by molar-refractivity contribution is 5.95. The zero-order valence-electron chi connectivity index (χ0n) is 13.0. The Labute approximate surface area is 129 Å². The van der Waals surface area contributed by atoms with Crippen molar-refractivity contribution in [3.05, 3.63) is 23.8 Å². The van der Waals surface area contributed by atoms with Gasteiger partial charge in [-0.2, -0.15) is 0 Å². The number of carbonyl (C=O) groups excluding carboxylic acids is 1. The second-order valence-electron chi connectivity index (χ2n) is 6.13. The molecule has 1 aliphatic carbocycles. The largest absolute Gasteiger partial charge is 0.493 e. The number of azo groups is 1. The van der Waals surface area contributed by atoms with Crippen molar-refractivity contribution in [2.75, 3.05) is 0 Å². The fourth-order valence-corrected chi connectivity index (χ4v) is 3.15. The van der Waals surface area contributed by atoms with Crippen LogP contribution < -0.4 is 0 Å². The molecule has 0 atom stereocenters. The number of hydrogen-bond acceptors (Lipinski definition) is 3. The highest BCUT2D eigenvalue weighted by Gasteiger charge is 2.21. The first kappa shape index (κ1) is 14.8. The van der Waals surface area contributed by atoms with Crippen LogP contribution in [-0.2, 0) is 11.8 Å². The van der Waals surface area contributed by atoms with Crippen molar-refractivity contribution in [3.8, 4) is 5.88 Å². The molecule has 1 N–H and O–H groups in total. The first-order valence-electron chi connectivity index (χ1n) is 7.81. The highest BCUT2D eigenvalue weighted by atomic mass is 16.3. The lowest BCUT2D eigenvalue weighted by Crippen LogP contribution is -2.15.